The molecule has 1 N–H and O–H groups in total. The number of nitrogens with zero attached hydrogens (tertiary/aromatic N) is 3. The number of carbonyl (C=O) groups excluding carboxylic acids is 2. The second-order valence-corrected chi connectivity index (χ2v) is 8.08. The van der Waals surface area contributed by atoms with Gasteiger partial charge < -0.3 is 14.5 Å². The van der Waals surface area contributed by atoms with Gasteiger partial charge in [0.25, 0.3) is 0 Å². The fourth-order valence-electron chi connectivity index (χ4n) is 4.09. The van der Waals surface area contributed by atoms with Crippen LogP contribution < -0.4 is 15.1 Å². The van der Waals surface area contributed by atoms with Crippen molar-refractivity contribution in [3.8, 4) is 5.75 Å². The molecule has 1 atom stereocenters. The van der Waals surface area contributed by atoms with Gasteiger partial charge in [-0.05, 0) is 35.4 Å². The van der Waals surface area contributed by atoms with Crippen molar-refractivity contribution < 1.29 is 14.3 Å². The smallest absolute Gasteiger partial charge is 0.240 e. The molecule has 1 fully saturated rings. The van der Waals surface area contributed by atoms with Crippen LogP contribution in [0.5, 0.6) is 5.75 Å². The minimum absolute atomic E-state index is 0.0349. The number of benzene rings is 2. The lowest BCUT2D eigenvalue weighted by Crippen LogP contribution is -2.49. The molecule has 2 aliphatic heterocycles. The Balaban J connectivity index is 1.32. The summed E-state index contributed by atoms with van der Waals surface area (Å²) in [7, 11) is 1.64. The van der Waals surface area contributed by atoms with Crippen LogP contribution in [-0.2, 0) is 16.0 Å². The molecular weight excluding hydrogens is 392 g/mol. The van der Waals surface area contributed by atoms with E-state index < -0.39 is 0 Å². The van der Waals surface area contributed by atoms with E-state index in [2.05, 4.69) is 39.7 Å². The normalized spacial score (nSPS) is 19.0. The van der Waals surface area contributed by atoms with Crippen molar-refractivity contribution >= 4 is 23.2 Å². The molecule has 2 aromatic rings. The van der Waals surface area contributed by atoms with Crippen molar-refractivity contribution in [2.45, 2.75) is 19.8 Å². The Bertz CT molecular complexity index is 961. The molecule has 0 aliphatic carbocycles. The summed E-state index contributed by atoms with van der Waals surface area (Å²) in [5.41, 5.74) is 6.66. The van der Waals surface area contributed by atoms with Crippen LogP contribution in [0.15, 0.2) is 53.6 Å². The van der Waals surface area contributed by atoms with E-state index in [0.29, 0.717) is 25.9 Å². The Hall–Kier alpha value is -3.35. The molecule has 31 heavy (non-hydrogen) atoms. The number of carbonyl (C=O) groups is 2. The van der Waals surface area contributed by atoms with E-state index in [1.54, 1.807) is 7.11 Å². The van der Waals surface area contributed by atoms with E-state index in [0.717, 1.165) is 41.4 Å². The molecule has 0 radical (unpaired) electrons. The summed E-state index contributed by atoms with van der Waals surface area (Å²) in [4.78, 5) is 28.4. The lowest BCUT2D eigenvalue weighted by molar-refractivity contribution is -0.130. The first-order valence-corrected chi connectivity index (χ1v) is 10.7. The predicted octanol–water partition coefficient (Wildman–Crippen LogP) is 2.45. The van der Waals surface area contributed by atoms with E-state index in [9.17, 15) is 9.59 Å². The van der Waals surface area contributed by atoms with Crippen molar-refractivity contribution in [2.24, 2.45) is 11.0 Å². The Labute approximate surface area is 182 Å². The maximum absolute atomic E-state index is 12.7. The van der Waals surface area contributed by atoms with Gasteiger partial charge in [-0.1, -0.05) is 31.2 Å². The van der Waals surface area contributed by atoms with Gasteiger partial charge in [-0.3, -0.25) is 9.59 Å². The topological polar surface area (TPSA) is 74.2 Å². The molecule has 2 amide bonds. The van der Waals surface area contributed by atoms with Gasteiger partial charge in [-0.2, -0.15) is 5.10 Å². The highest BCUT2D eigenvalue weighted by Crippen LogP contribution is 2.22. The van der Waals surface area contributed by atoms with Crippen molar-refractivity contribution in [3.63, 3.8) is 0 Å². The Morgan fingerprint density at radius 2 is 1.74 bits per heavy atom. The molecule has 4 rings (SSSR count). The molecule has 7 nitrogen and oxygen atoms in total. The number of amides is 2. The van der Waals surface area contributed by atoms with Crippen LogP contribution in [0.1, 0.15) is 24.5 Å². The number of methoxy groups -OCH3 is 1. The summed E-state index contributed by atoms with van der Waals surface area (Å²) in [6, 6.07) is 16.0. The van der Waals surface area contributed by atoms with Crippen LogP contribution in [0.4, 0.5) is 5.69 Å². The highest BCUT2D eigenvalue weighted by atomic mass is 16.5. The summed E-state index contributed by atoms with van der Waals surface area (Å²) < 4.78 is 5.17. The zero-order valence-electron chi connectivity index (χ0n) is 18.0. The number of nitrogens with one attached hydrogen (secondary N) is 1. The number of anilines is 1. The lowest BCUT2D eigenvalue weighted by Gasteiger charge is -2.36. The van der Waals surface area contributed by atoms with Gasteiger partial charge in [-0.15, -0.1) is 0 Å². The van der Waals surface area contributed by atoms with E-state index in [1.165, 1.54) is 0 Å². The zero-order chi connectivity index (χ0) is 21.8. The first kappa shape index (κ1) is 20.9. The second-order valence-electron chi connectivity index (χ2n) is 8.08. The third kappa shape index (κ3) is 4.87. The number of piperazine rings is 1. The van der Waals surface area contributed by atoms with Gasteiger partial charge in [0.05, 0.1) is 19.2 Å². The average molecular weight is 421 g/mol. The number of hydrogen-bond donors (Lipinski definition) is 1. The molecule has 1 saturated heterocycles. The highest BCUT2D eigenvalue weighted by Gasteiger charge is 2.23. The molecule has 2 heterocycles. The maximum Gasteiger partial charge on any atom is 0.240 e. The maximum atomic E-state index is 12.7. The third-order valence-corrected chi connectivity index (χ3v) is 5.93. The molecule has 0 bridgehead atoms. The largest absolute Gasteiger partial charge is 0.497 e. The van der Waals surface area contributed by atoms with Crippen LogP contribution in [0, 0.1) is 5.92 Å². The zero-order valence-corrected chi connectivity index (χ0v) is 18.0. The number of rotatable bonds is 5. The first-order chi connectivity index (χ1) is 15.0. The van der Waals surface area contributed by atoms with Crippen molar-refractivity contribution in [1.29, 1.82) is 0 Å². The molecule has 162 valence electrons. The van der Waals surface area contributed by atoms with Crippen molar-refractivity contribution in [2.75, 3.05) is 38.2 Å². The van der Waals surface area contributed by atoms with Gasteiger partial charge in [0.1, 0.15) is 5.75 Å². The molecule has 2 aliphatic rings. The van der Waals surface area contributed by atoms with Gasteiger partial charge in [0, 0.05) is 44.2 Å². The molecule has 2 aromatic carbocycles. The second kappa shape index (κ2) is 9.20. The van der Waals surface area contributed by atoms with Crippen molar-refractivity contribution in [1.82, 2.24) is 10.3 Å². The van der Waals surface area contributed by atoms with Gasteiger partial charge in [-0.25, -0.2) is 5.43 Å². The van der Waals surface area contributed by atoms with E-state index in [-0.39, 0.29) is 17.7 Å². The summed E-state index contributed by atoms with van der Waals surface area (Å²) in [6.07, 6.45) is 0.878. The number of ether oxygens (including phenoxy) is 1. The molecule has 0 unspecified atom stereocenters. The van der Waals surface area contributed by atoms with Crippen molar-refractivity contribution in [3.05, 3.63) is 59.7 Å². The standard InChI is InChI=1S/C24H28N4O3/c1-17-15-22(29)25-26-24(17)19-5-7-20(8-6-19)27-11-13-28(14-12-27)23(30)16-18-3-9-21(31-2)10-4-18/h3-10,17H,11-16H2,1-2H3,(H,25,29)/t17-/m0/s1. The molecule has 7 heteroatoms. The van der Waals surface area contributed by atoms with E-state index in [4.69, 9.17) is 4.74 Å². The summed E-state index contributed by atoms with van der Waals surface area (Å²) in [5, 5.41) is 4.23. The lowest BCUT2D eigenvalue weighted by atomic mass is 9.94. The van der Waals surface area contributed by atoms with Gasteiger partial charge >= 0.3 is 0 Å². The Morgan fingerprint density at radius 1 is 1.06 bits per heavy atom. The number of hydrazone groups is 1. The fraction of sp³-hybridized carbons (Fsp3) is 0.375. The highest BCUT2D eigenvalue weighted by molar-refractivity contribution is 6.05. The predicted molar refractivity (Wildman–Crippen MR) is 120 cm³/mol. The molecule has 0 spiro atoms. The SMILES string of the molecule is COc1ccc(CC(=O)N2CCN(c3ccc(C4=NNC(=O)C[C@@H]4C)cc3)CC2)cc1. The van der Waals surface area contributed by atoms with Gasteiger partial charge in [0.15, 0.2) is 0 Å². The monoisotopic (exact) mass is 420 g/mol. The average Bonchev–Trinajstić information content (AvgIpc) is 2.80. The molecular formula is C24H28N4O3. The quantitative estimate of drug-likeness (QED) is 0.806. The number of hydrogen-bond acceptors (Lipinski definition) is 5. The van der Waals surface area contributed by atoms with E-state index in [1.807, 2.05) is 36.1 Å². The van der Waals surface area contributed by atoms with Crippen LogP contribution in [0.25, 0.3) is 0 Å². The summed E-state index contributed by atoms with van der Waals surface area (Å²) in [6.45, 7) is 5.06. The van der Waals surface area contributed by atoms with Crippen LogP contribution >= 0.6 is 0 Å². The molecule has 0 saturated carbocycles. The minimum Gasteiger partial charge on any atom is -0.497 e. The Kier molecular flexibility index (Phi) is 6.21. The van der Waals surface area contributed by atoms with Crippen LogP contribution in [0.3, 0.4) is 0 Å². The van der Waals surface area contributed by atoms with Crippen LogP contribution in [0.2, 0.25) is 0 Å². The van der Waals surface area contributed by atoms with Gasteiger partial charge in [0.2, 0.25) is 11.8 Å². The van der Waals surface area contributed by atoms with E-state index >= 15 is 0 Å². The summed E-state index contributed by atoms with van der Waals surface area (Å²) in [5.74, 6) is 1.03. The third-order valence-electron chi connectivity index (χ3n) is 5.93. The first-order valence-electron chi connectivity index (χ1n) is 10.7. The minimum atomic E-state index is -0.0349. The summed E-state index contributed by atoms with van der Waals surface area (Å²) >= 11 is 0. The fourth-order valence-corrected chi connectivity index (χ4v) is 4.09. The molecule has 0 aromatic heterocycles. The Morgan fingerprint density at radius 3 is 2.35 bits per heavy atom. The van der Waals surface area contributed by atoms with Crippen LogP contribution in [-0.4, -0.2) is 55.7 Å².